The smallest absolute Gasteiger partial charge is 0.266 e. The Labute approximate surface area is 140 Å². The standard InChI is InChI=1S/C15H21NO7S/c1-11(17)16(12(2)18)14(10-24(20,21)22)7-8-23-9-13-5-3-4-6-15(13)19/h3-6,14,19H,7-10H2,1-2H3,(H,20,21,22). The van der Waals surface area contributed by atoms with E-state index in [1.807, 2.05) is 0 Å². The first-order chi connectivity index (χ1) is 11.1. The van der Waals surface area contributed by atoms with E-state index in [-0.39, 0.29) is 25.4 Å². The molecule has 1 aromatic rings. The van der Waals surface area contributed by atoms with Crippen LogP contribution in [0, 0.1) is 0 Å². The minimum atomic E-state index is -4.37. The summed E-state index contributed by atoms with van der Waals surface area (Å²) < 4.78 is 36.6. The number of hydrogen-bond donors (Lipinski definition) is 2. The molecule has 0 aliphatic heterocycles. The van der Waals surface area contributed by atoms with Gasteiger partial charge in [0.1, 0.15) is 5.75 Å². The summed E-state index contributed by atoms with van der Waals surface area (Å²) in [7, 11) is -4.37. The number of carbonyl (C=O) groups excluding carboxylic acids is 2. The molecule has 24 heavy (non-hydrogen) atoms. The molecule has 0 aliphatic rings. The number of carbonyl (C=O) groups is 2. The fourth-order valence-electron chi connectivity index (χ4n) is 2.30. The summed E-state index contributed by atoms with van der Waals surface area (Å²) in [5.41, 5.74) is 0.554. The van der Waals surface area contributed by atoms with Crippen LogP contribution in [0.1, 0.15) is 25.8 Å². The van der Waals surface area contributed by atoms with Crippen molar-refractivity contribution in [1.29, 1.82) is 0 Å². The normalized spacial score (nSPS) is 12.6. The van der Waals surface area contributed by atoms with Crippen LogP contribution in [0.4, 0.5) is 0 Å². The Balaban J connectivity index is 2.70. The number of phenols is 1. The van der Waals surface area contributed by atoms with Gasteiger partial charge in [-0.25, -0.2) is 0 Å². The van der Waals surface area contributed by atoms with Crippen LogP contribution < -0.4 is 0 Å². The highest BCUT2D eigenvalue weighted by molar-refractivity contribution is 7.85. The molecule has 2 amide bonds. The van der Waals surface area contributed by atoms with Crippen LogP contribution >= 0.6 is 0 Å². The second-order valence-electron chi connectivity index (χ2n) is 5.28. The van der Waals surface area contributed by atoms with Crippen LogP contribution in [-0.4, -0.2) is 53.2 Å². The lowest BCUT2D eigenvalue weighted by Gasteiger charge is -2.27. The Hall–Kier alpha value is -1.97. The Morgan fingerprint density at radius 3 is 2.29 bits per heavy atom. The average Bonchev–Trinajstić information content (AvgIpc) is 2.42. The van der Waals surface area contributed by atoms with E-state index in [2.05, 4.69) is 0 Å². The first kappa shape index (κ1) is 20.1. The van der Waals surface area contributed by atoms with Crippen LogP contribution in [0.2, 0.25) is 0 Å². The maximum Gasteiger partial charge on any atom is 0.266 e. The monoisotopic (exact) mass is 359 g/mol. The fourth-order valence-corrected chi connectivity index (χ4v) is 3.10. The molecule has 0 aromatic heterocycles. The van der Waals surface area contributed by atoms with Gasteiger partial charge in [-0.05, 0) is 12.5 Å². The number of hydrogen-bond acceptors (Lipinski definition) is 6. The first-order valence-corrected chi connectivity index (χ1v) is 8.83. The molecule has 0 bridgehead atoms. The van der Waals surface area contributed by atoms with Crippen molar-refractivity contribution in [3.8, 4) is 5.75 Å². The van der Waals surface area contributed by atoms with Gasteiger partial charge in [-0.1, -0.05) is 18.2 Å². The predicted octanol–water partition coefficient (Wildman–Crippen LogP) is 0.950. The van der Waals surface area contributed by atoms with Gasteiger partial charge < -0.3 is 9.84 Å². The number of para-hydroxylation sites is 1. The summed E-state index contributed by atoms with van der Waals surface area (Å²) in [5, 5.41) is 9.62. The lowest BCUT2D eigenvalue weighted by molar-refractivity contribution is -0.144. The van der Waals surface area contributed by atoms with Crippen molar-refractivity contribution in [3.05, 3.63) is 29.8 Å². The maximum atomic E-state index is 11.6. The minimum absolute atomic E-state index is 0.0333. The van der Waals surface area contributed by atoms with Gasteiger partial charge in [0.15, 0.2) is 0 Å². The zero-order chi connectivity index (χ0) is 18.3. The molecule has 0 radical (unpaired) electrons. The number of imide groups is 1. The van der Waals surface area contributed by atoms with E-state index >= 15 is 0 Å². The zero-order valence-corrected chi connectivity index (χ0v) is 14.3. The molecule has 1 unspecified atom stereocenters. The van der Waals surface area contributed by atoms with Gasteiger partial charge in [0, 0.05) is 26.0 Å². The van der Waals surface area contributed by atoms with Crippen LogP contribution in [0.5, 0.6) is 5.75 Å². The molecule has 9 heteroatoms. The van der Waals surface area contributed by atoms with Crippen molar-refractivity contribution in [2.24, 2.45) is 0 Å². The number of phenolic OH excluding ortho intramolecular Hbond substituents is 1. The summed E-state index contributed by atoms with van der Waals surface area (Å²) >= 11 is 0. The topological polar surface area (TPSA) is 121 Å². The van der Waals surface area contributed by atoms with Crippen molar-refractivity contribution in [1.82, 2.24) is 4.90 Å². The van der Waals surface area contributed by atoms with Gasteiger partial charge >= 0.3 is 0 Å². The van der Waals surface area contributed by atoms with Crippen LogP contribution in [-0.2, 0) is 31.1 Å². The Morgan fingerprint density at radius 2 is 1.79 bits per heavy atom. The Kier molecular flexibility index (Phi) is 7.33. The Bertz CT molecular complexity index is 673. The van der Waals surface area contributed by atoms with E-state index in [0.717, 1.165) is 18.7 Å². The first-order valence-electron chi connectivity index (χ1n) is 7.22. The molecular weight excluding hydrogens is 338 g/mol. The van der Waals surface area contributed by atoms with Gasteiger partial charge in [-0.2, -0.15) is 8.42 Å². The van der Waals surface area contributed by atoms with E-state index in [0.29, 0.717) is 5.56 Å². The molecule has 1 atom stereocenters. The van der Waals surface area contributed by atoms with E-state index in [1.54, 1.807) is 18.2 Å². The number of ether oxygens (including phenoxy) is 1. The van der Waals surface area contributed by atoms with Crippen molar-refractivity contribution in [2.45, 2.75) is 32.9 Å². The van der Waals surface area contributed by atoms with Crippen LogP contribution in [0.15, 0.2) is 24.3 Å². The summed E-state index contributed by atoms with van der Waals surface area (Å²) in [5.74, 6) is -1.92. The van der Waals surface area contributed by atoms with Crippen molar-refractivity contribution in [3.63, 3.8) is 0 Å². The second-order valence-corrected chi connectivity index (χ2v) is 6.78. The molecule has 0 saturated heterocycles. The van der Waals surface area contributed by atoms with Crippen molar-refractivity contribution in [2.75, 3.05) is 12.4 Å². The van der Waals surface area contributed by atoms with Crippen LogP contribution in [0.25, 0.3) is 0 Å². The highest BCUT2D eigenvalue weighted by Crippen LogP contribution is 2.17. The molecule has 0 spiro atoms. The number of rotatable bonds is 8. The highest BCUT2D eigenvalue weighted by Gasteiger charge is 2.28. The fraction of sp³-hybridized carbons (Fsp3) is 0.467. The van der Waals surface area contributed by atoms with Crippen LogP contribution in [0.3, 0.4) is 0 Å². The molecule has 0 heterocycles. The van der Waals surface area contributed by atoms with Gasteiger partial charge in [0.25, 0.3) is 10.1 Å². The highest BCUT2D eigenvalue weighted by atomic mass is 32.2. The van der Waals surface area contributed by atoms with Gasteiger partial charge in [0.05, 0.1) is 18.4 Å². The largest absolute Gasteiger partial charge is 0.508 e. The number of amides is 2. The molecule has 2 N–H and O–H groups in total. The lowest BCUT2D eigenvalue weighted by atomic mass is 10.2. The van der Waals surface area contributed by atoms with Gasteiger partial charge in [0.2, 0.25) is 11.8 Å². The Morgan fingerprint density at radius 1 is 1.21 bits per heavy atom. The number of benzene rings is 1. The predicted molar refractivity (Wildman–Crippen MR) is 85.8 cm³/mol. The average molecular weight is 359 g/mol. The minimum Gasteiger partial charge on any atom is -0.508 e. The molecule has 0 fully saturated rings. The van der Waals surface area contributed by atoms with Crippen molar-refractivity contribution < 1.29 is 32.4 Å². The summed E-state index contributed by atoms with van der Waals surface area (Å²) in [6, 6.07) is 5.54. The van der Waals surface area contributed by atoms with E-state index < -0.39 is 33.7 Å². The maximum absolute atomic E-state index is 11.6. The zero-order valence-electron chi connectivity index (χ0n) is 13.5. The van der Waals surface area contributed by atoms with Crippen molar-refractivity contribution >= 4 is 21.9 Å². The summed E-state index contributed by atoms with van der Waals surface area (Å²) in [6.07, 6.45) is 0.0343. The lowest BCUT2D eigenvalue weighted by Crippen LogP contribution is -2.46. The summed E-state index contributed by atoms with van der Waals surface area (Å²) in [6.45, 7) is 2.40. The van der Waals surface area contributed by atoms with Gasteiger partial charge in [-0.3, -0.25) is 19.0 Å². The molecule has 8 nitrogen and oxygen atoms in total. The molecule has 0 aliphatic carbocycles. The quantitative estimate of drug-likeness (QED) is 0.523. The van der Waals surface area contributed by atoms with E-state index in [4.69, 9.17) is 9.29 Å². The van der Waals surface area contributed by atoms with E-state index in [9.17, 15) is 23.1 Å². The molecule has 1 rings (SSSR count). The third-order valence-corrected chi connectivity index (χ3v) is 4.10. The third-order valence-electron chi connectivity index (χ3n) is 3.29. The molecular formula is C15H21NO7S. The molecule has 134 valence electrons. The second kappa shape index (κ2) is 8.76. The number of aromatic hydroxyl groups is 1. The SMILES string of the molecule is CC(=O)N(C(C)=O)C(CCOCc1ccccc1O)CS(=O)(=O)O. The number of nitrogens with zero attached hydrogens (tertiary/aromatic N) is 1. The molecule has 1 aromatic carbocycles. The third kappa shape index (κ3) is 6.65. The van der Waals surface area contributed by atoms with Gasteiger partial charge in [-0.15, -0.1) is 0 Å². The molecule has 0 saturated carbocycles. The summed E-state index contributed by atoms with van der Waals surface area (Å²) in [4.78, 5) is 23.9. The van der Waals surface area contributed by atoms with E-state index in [1.165, 1.54) is 6.07 Å².